The summed E-state index contributed by atoms with van der Waals surface area (Å²) in [4.78, 5) is 6.33. The molecule has 0 bridgehead atoms. The molecule has 3 rings (SSSR count). The van der Waals surface area contributed by atoms with Crippen molar-refractivity contribution in [2.24, 2.45) is 0 Å². The molecule has 1 aliphatic carbocycles. The third kappa shape index (κ3) is 3.34. The van der Waals surface area contributed by atoms with Gasteiger partial charge in [-0.15, -0.1) is 0 Å². The molecule has 1 unspecified atom stereocenters. The molecule has 1 aromatic rings. The van der Waals surface area contributed by atoms with Crippen molar-refractivity contribution >= 4 is 15.8 Å². The average molecular weight is 306 g/mol. The Balaban J connectivity index is 1.69. The number of aromatic nitrogens is 1. The van der Waals surface area contributed by atoms with Crippen LogP contribution in [-0.4, -0.2) is 37.8 Å². The highest BCUT2D eigenvalue weighted by molar-refractivity contribution is 7.90. The Morgan fingerprint density at radius 3 is 2.90 bits per heavy atom. The smallest absolute Gasteiger partial charge is 0.214 e. The first-order valence-electron chi connectivity index (χ1n) is 7.21. The SMILES string of the molecule is N#Cc1ccnc(N2CCCC(NS(=O)(=O)C3CC3)C2)c1. The minimum absolute atomic E-state index is 0.0723. The quantitative estimate of drug-likeness (QED) is 0.897. The molecule has 2 aliphatic rings. The van der Waals surface area contributed by atoms with Crippen molar-refractivity contribution in [3.63, 3.8) is 0 Å². The molecule has 1 saturated carbocycles. The second-order valence-corrected chi connectivity index (χ2v) is 7.65. The summed E-state index contributed by atoms with van der Waals surface area (Å²) in [6.07, 6.45) is 4.93. The van der Waals surface area contributed by atoms with E-state index in [1.807, 2.05) is 4.90 Å². The van der Waals surface area contributed by atoms with Gasteiger partial charge in [-0.05, 0) is 37.8 Å². The largest absolute Gasteiger partial charge is 0.355 e. The zero-order valence-electron chi connectivity index (χ0n) is 11.7. The van der Waals surface area contributed by atoms with Gasteiger partial charge in [-0.2, -0.15) is 5.26 Å². The molecule has 112 valence electrons. The maximum atomic E-state index is 12.0. The molecule has 0 spiro atoms. The van der Waals surface area contributed by atoms with E-state index in [-0.39, 0.29) is 11.3 Å². The fourth-order valence-corrected chi connectivity index (χ4v) is 4.26. The van der Waals surface area contributed by atoms with Crippen molar-refractivity contribution in [2.75, 3.05) is 18.0 Å². The molecule has 1 saturated heterocycles. The summed E-state index contributed by atoms with van der Waals surface area (Å²) in [7, 11) is -3.15. The molecule has 2 fully saturated rings. The molecular formula is C14H18N4O2S. The van der Waals surface area contributed by atoms with Gasteiger partial charge in [-0.25, -0.2) is 18.1 Å². The number of piperidine rings is 1. The number of hydrogen-bond donors (Lipinski definition) is 1. The van der Waals surface area contributed by atoms with Crippen molar-refractivity contribution in [1.29, 1.82) is 5.26 Å². The monoisotopic (exact) mass is 306 g/mol. The van der Waals surface area contributed by atoms with Crippen LogP contribution < -0.4 is 9.62 Å². The van der Waals surface area contributed by atoms with E-state index in [0.29, 0.717) is 12.1 Å². The lowest BCUT2D eigenvalue weighted by atomic mass is 10.1. The van der Waals surface area contributed by atoms with Gasteiger partial charge >= 0.3 is 0 Å². The Hall–Kier alpha value is -1.65. The summed E-state index contributed by atoms with van der Waals surface area (Å²) in [6.45, 7) is 1.44. The topological polar surface area (TPSA) is 86.1 Å². The lowest BCUT2D eigenvalue weighted by molar-refractivity contribution is 0.463. The third-order valence-electron chi connectivity index (χ3n) is 3.91. The Morgan fingerprint density at radius 1 is 1.38 bits per heavy atom. The van der Waals surface area contributed by atoms with E-state index in [9.17, 15) is 8.42 Å². The van der Waals surface area contributed by atoms with E-state index in [1.165, 1.54) is 0 Å². The summed E-state index contributed by atoms with van der Waals surface area (Å²) in [5.74, 6) is 0.740. The first-order chi connectivity index (χ1) is 10.1. The molecular weight excluding hydrogens is 288 g/mol. The van der Waals surface area contributed by atoms with Crippen molar-refractivity contribution in [3.05, 3.63) is 23.9 Å². The average Bonchev–Trinajstić information content (AvgIpc) is 3.32. The van der Waals surface area contributed by atoms with Gasteiger partial charge in [0.25, 0.3) is 0 Å². The summed E-state index contributed by atoms with van der Waals surface area (Å²) in [5, 5.41) is 8.76. The van der Waals surface area contributed by atoms with Gasteiger partial charge < -0.3 is 4.90 Å². The summed E-state index contributed by atoms with van der Waals surface area (Å²) in [5.41, 5.74) is 0.570. The van der Waals surface area contributed by atoms with E-state index >= 15 is 0 Å². The van der Waals surface area contributed by atoms with E-state index in [1.54, 1.807) is 18.3 Å². The van der Waals surface area contributed by atoms with Crippen molar-refractivity contribution < 1.29 is 8.42 Å². The van der Waals surface area contributed by atoms with Gasteiger partial charge in [-0.3, -0.25) is 0 Å². The predicted octanol–water partition coefficient (Wildman–Crippen LogP) is 1.00. The normalized spacial score (nSPS) is 22.8. The van der Waals surface area contributed by atoms with Crippen LogP contribution in [0.2, 0.25) is 0 Å². The van der Waals surface area contributed by atoms with E-state index in [4.69, 9.17) is 5.26 Å². The van der Waals surface area contributed by atoms with Crippen LogP contribution in [0, 0.1) is 11.3 Å². The van der Waals surface area contributed by atoms with Gasteiger partial charge in [0, 0.05) is 25.3 Å². The molecule has 6 nitrogen and oxygen atoms in total. The highest BCUT2D eigenvalue weighted by Crippen LogP contribution is 2.28. The minimum Gasteiger partial charge on any atom is -0.355 e. The lowest BCUT2D eigenvalue weighted by Crippen LogP contribution is -2.48. The van der Waals surface area contributed by atoms with Crippen LogP contribution in [0.3, 0.4) is 0 Å². The maximum absolute atomic E-state index is 12.0. The zero-order valence-corrected chi connectivity index (χ0v) is 12.5. The number of anilines is 1. The molecule has 7 heteroatoms. The van der Waals surface area contributed by atoms with Crippen LogP contribution in [0.25, 0.3) is 0 Å². The summed E-state index contributed by atoms with van der Waals surface area (Å²) in [6, 6.07) is 5.44. The van der Waals surface area contributed by atoms with Crippen molar-refractivity contribution in [1.82, 2.24) is 9.71 Å². The third-order valence-corrected chi connectivity index (χ3v) is 5.93. The fraction of sp³-hybridized carbons (Fsp3) is 0.571. The van der Waals surface area contributed by atoms with E-state index in [2.05, 4.69) is 15.8 Å². The Bertz CT molecular complexity index is 664. The highest BCUT2D eigenvalue weighted by Gasteiger charge is 2.37. The van der Waals surface area contributed by atoms with Gasteiger partial charge in [0.05, 0.1) is 16.9 Å². The number of nitriles is 1. The second-order valence-electron chi connectivity index (χ2n) is 5.66. The van der Waals surface area contributed by atoms with Crippen LogP contribution in [0.4, 0.5) is 5.82 Å². The predicted molar refractivity (Wildman–Crippen MR) is 79.3 cm³/mol. The molecule has 1 aromatic heterocycles. The lowest BCUT2D eigenvalue weighted by Gasteiger charge is -2.33. The van der Waals surface area contributed by atoms with Crippen LogP contribution in [0.15, 0.2) is 18.3 Å². The van der Waals surface area contributed by atoms with E-state index < -0.39 is 10.0 Å². The number of nitrogens with zero attached hydrogens (tertiary/aromatic N) is 3. The number of rotatable bonds is 4. The molecule has 1 N–H and O–H groups in total. The van der Waals surface area contributed by atoms with Crippen LogP contribution in [-0.2, 0) is 10.0 Å². The molecule has 0 radical (unpaired) electrons. The second kappa shape index (κ2) is 5.62. The molecule has 2 heterocycles. The first-order valence-corrected chi connectivity index (χ1v) is 8.75. The Kier molecular flexibility index (Phi) is 3.83. The van der Waals surface area contributed by atoms with Gasteiger partial charge in [0.2, 0.25) is 10.0 Å². The van der Waals surface area contributed by atoms with Gasteiger partial charge in [-0.1, -0.05) is 0 Å². The molecule has 1 atom stereocenters. The summed E-state index contributed by atoms with van der Waals surface area (Å²) < 4.78 is 26.9. The van der Waals surface area contributed by atoms with Crippen LogP contribution in [0.1, 0.15) is 31.2 Å². The summed E-state index contributed by atoms with van der Waals surface area (Å²) >= 11 is 0. The zero-order chi connectivity index (χ0) is 14.9. The van der Waals surface area contributed by atoms with Gasteiger partial charge in [0.15, 0.2) is 0 Å². The number of pyridine rings is 1. The number of hydrogen-bond acceptors (Lipinski definition) is 5. The Labute approximate surface area is 124 Å². The van der Waals surface area contributed by atoms with Crippen LogP contribution in [0.5, 0.6) is 0 Å². The van der Waals surface area contributed by atoms with Crippen LogP contribution >= 0.6 is 0 Å². The molecule has 21 heavy (non-hydrogen) atoms. The molecule has 0 amide bonds. The van der Waals surface area contributed by atoms with Crippen molar-refractivity contribution in [3.8, 4) is 6.07 Å². The minimum atomic E-state index is -3.15. The van der Waals surface area contributed by atoms with E-state index in [0.717, 1.165) is 38.0 Å². The molecule has 1 aliphatic heterocycles. The molecule has 0 aromatic carbocycles. The van der Waals surface area contributed by atoms with Crippen molar-refractivity contribution in [2.45, 2.75) is 37.0 Å². The maximum Gasteiger partial charge on any atom is 0.214 e. The highest BCUT2D eigenvalue weighted by atomic mass is 32.2. The fourth-order valence-electron chi connectivity index (χ4n) is 2.65. The standard InChI is InChI=1S/C14H18N4O2S/c15-9-11-5-6-16-14(8-11)18-7-1-2-12(10-18)17-21(19,20)13-3-4-13/h5-6,8,12-13,17H,1-4,7,10H2. The number of sulfonamides is 1. The first kappa shape index (κ1) is 14.3. The van der Waals surface area contributed by atoms with Gasteiger partial charge in [0.1, 0.15) is 5.82 Å². The number of nitrogens with one attached hydrogen (secondary N) is 1. The Morgan fingerprint density at radius 2 is 2.19 bits per heavy atom.